The van der Waals surface area contributed by atoms with Crippen LogP contribution in [-0.4, -0.2) is 25.0 Å². The fourth-order valence-corrected chi connectivity index (χ4v) is 2.21. The van der Waals surface area contributed by atoms with Gasteiger partial charge in [-0.3, -0.25) is 9.59 Å². The second kappa shape index (κ2) is 7.56. The molecule has 0 amide bonds. The van der Waals surface area contributed by atoms with Gasteiger partial charge in [0.25, 0.3) is 0 Å². The molecule has 0 bridgehead atoms. The number of alkyl halides is 2. The molecule has 0 aliphatic rings. The Labute approximate surface area is 138 Å². The number of carbonyl (C=O) groups is 3. The summed E-state index contributed by atoms with van der Waals surface area (Å²) in [6.45, 7) is 2.44. The van der Waals surface area contributed by atoms with E-state index in [0.29, 0.717) is 5.56 Å². The maximum atomic E-state index is 11.8. The number of methoxy groups -OCH3 is 1. The molecule has 0 saturated heterocycles. The van der Waals surface area contributed by atoms with Crippen LogP contribution in [-0.2, 0) is 14.3 Å². The van der Waals surface area contributed by atoms with Gasteiger partial charge in [0.05, 0.1) is 10.8 Å². The highest BCUT2D eigenvalue weighted by atomic mass is 79.9. The fourth-order valence-electron chi connectivity index (χ4n) is 1.53. The molecule has 0 aliphatic carbocycles. The van der Waals surface area contributed by atoms with Crippen LogP contribution in [0, 0.1) is 0 Å². The van der Waals surface area contributed by atoms with Crippen molar-refractivity contribution in [2.24, 2.45) is 0 Å². The van der Waals surface area contributed by atoms with Crippen molar-refractivity contribution in [1.82, 2.24) is 0 Å². The van der Waals surface area contributed by atoms with Gasteiger partial charge in [-0.1, -0.05) is 31.9 Å². The zero-order chi connectivity index (χ0) is 16.2. The predicted octanol–water partition coefficient (Wildman–Crippen LogP) is 3.11. The molecule has 0 atom stereocenters. The number of rotatable bonds is 4. The number of ether oxygens (including phenoxy) is 3. The molecule has 21 heavy (non-hydrogen) atoms. The Morgan fingerprint density at radius 3 is 2.05 bits per heavy atom. The molecular formula is C13H12Br2O6. The number of hydrogen-bond acceptors (Lipinski definition) is 6. The Bertz CT molecular complexity index is 582. The standard InChI is InChI=1S/C13H12Br2O6/c1-6(16)20-8-4-9(12(14)15)11(21-7(2)17)10(5-8)13(18)19-3/h4-5,12H,1-3H3. The van der Waals surface area contributed by atoms with E-state index in [9.17, 15) is 14.4 Å². The van der Waals surface area contributed by atoms with Crippen LogP contribution in [0.15, 0.2) is 12.1 Å². The van der Waals surface area contributed by atoms with Crippen LogP contribution in [0.5, 0.6) is 11.5 Å². The van der Waals surface area contributed by atoms with Crippen molar-refractivity contribution in [2.75, 3.05) is 7.11 Å². The number of benzene rings is 1. The van der Waals surface area contributed by atoms with E-state index in [-0.39, 0.29) is 17.1 Å². The van der Waals surface area contributed by atoms with E-state index < -0.39 is 21.6 Å². The first kappa shape index (κ1) is 17.6. The van der Waals surface area contributed by atoms with E-state index in [1.807, 2.05) is 0 Å². The molecular weight excluding hydrogens is 412 g/mol. The number of esters is 3. The zero-order valence-electron chi connectivity index (χ0n) is 11.4. The molecule has 0 aromatic heterocycles. The minimum absolute atomic E-state index is 0.0228. The Hall–Kier alpha value is -1.41. The Balaban J connectivity index is 3.52. The van der Waals surface area contributed by atoms with Gasteiger partial charge >= 0.3 is 17.9 Å². The molecule has 1 aromatic carbocycles. The van der Waals surface area contributed by atoms with E-state index in [0.717, 1.165) is 0 Å². The van der Waals surface area contributed by atoms with Crippen molar-refractivity contribution < 1.29 is 28.6 Å². The normalized spacial score (nSPS) is 10.2. The summed E-state index contributed by atoms with van der Waals surface area (Å²) in [6.07, 6.45) is 0. The lowest BCUT2D eigenvalue weighted by Gasteiger charge is -2.15. The second-order valence-electron chi connectivity index (χ2n) is 3.87. The van der Waals surface area contributed by atoms with Crippen molar-refractivity contribution >= 4 is 49.8 Å². The van der Waals surface area contributed by atoms with Gasteiger partial charge in [-0.15, -0.1) is 0 Å². The quantitative estimate of drug-likeness (QED) is 0.420. The molecule has 0 unspecified atom stereocenters. The van der Waals surface area contributed by atoms with Crippen LogP contribution in [0.2, 0.25) is 0 Å². The van der Waals surface area contributed by atoms with Gasteiger partial charge in [0, 0.05) is 19.4 Å². The third-order valence-electron chi connectivity index (χ3n) is 2.24. The highest BCUT2D eigenvalue weighted by molar-refractivity contribution is 9.24. The summed E-state index contributed by atoms with van der Waals surface area (Å²) < 4.78 is 14.3. The summed E-state index contributed by atoms with van der Waals surface area (Å²) in [5, 5.41) is 0. The summed E-state index contributed by atoms with van der Waals surface area (Å²) in [5.74, 6) is -1.69. The predicted molar refractivity (Wildman–Crippen MR) is 81.0 cm³/mol. The van der Waals surface area contributed by atoms with E-state index in [1.54, 1.807) is 0 Å². The third kappa shape index (κ3) is 4.82. The van der Waals surface area contributed by atoms with Crippen molar-refractivity contribution in [3.05, 3.63) is 23.3 Å². The number of halogens is 2. The van der Waals surface area contributed by atoms with Crippen molar-refractivity contribution in [1.29, 1.82) is 0 Å². The van der Waals surface area contributed by atoms with E-state index in [1.165, 1.54) is 33.1 Å². The van der Waals surface area contributed by atoms with Gasteiger partial charge in [0.2, 0.25) is 0 Å². The summed E-state index contributed by atoms with van der Waals surface area (Å²) >= 11 is 6.52. The van der Waals surface area contributed by atoms with Gasteiger partial charge in [0.15, 0.2) is 5.75 Å². The summed E-state index contributed by atoms with van der Waals surface area (Å²) in [6, 6.07) is 2.75. The average molecular weight is 424 g/mol. The molecule has 1 rings (SSSR count). The van der Waals surface area contributed by atoms with Crippen molar-refractivity contribution in [3.63, 3.8) is 0 Å². The van der Waals surface area contributed by atoms with Crippen molar-refractivity contribution in [3.8, 4) is 11.5 Å². The fraction of sp³-hybridized carbons (Fsp3) is 0.308. The molecule has 0 radical (unpaired) electrons. The second-order valence-corrected chi connectivity index (χ2v) is 6.93. The molecule has 0 fully saturated rings. The molecule has 0 heterocycles. The van der Waals surface area contributed by atoms with Gasteiger partial charge in [-0.2, -0.15) is 0 Å². The maximum Gasteiger partial charge on any atom is 0.341 e. The van der Waals surface area contributed by atoms with Crippen molar-refractivity contribution in [2.45, 2.75) is 17.6 Å². The Morgan fingerprint density at radius 2 is 1.62 bits per heavy atom. The summed E-state index contributed by atoms with van der Waals surface area (Å²) in [7, 11) is 1.19. The van der Waals surface area contributed by atoms with Crippen LogP contribution in [0.3, 0.4) is 0 Å². The highest BCUT2D eigenvalue weighted by Gasteiger charge is 2.24. The topological polar surface area (TPSA) is 78.9 Å². The Kier molecular flexibility index (Phi) is 6.35. The van der Waals surface area contributed by atoms with Crippen LogP contribution in [0.4, 0.5) is 0 Å². The molecule has 0 aliphatic heterocycles. The van der Waals surface area contributed by atoms with E-state index >= 15 is 0 Å². The van der Waals surface area contributed by atoms with Crippen LogP contribution in [0.25, 0.3) is 0 Å². The van der Waals surface area contributed by atoms with E-state index in [2.05, 4.69) is 36.6 Å². The van der Waals surface area contributed by atoms with Gasteiger partial charge in [-0.05, 0) is 12.1 Å². The van der Waals surface area contributed by atoms with E-state index in [4.69, 9.17) is 9.47 Å². The smallest absolute Gasteiger partial charge is 0.341 e. The summed E-state index contributed by atoms with van der Waals surface area (Å²) in [4.78, 5) is 34.1. The number of carbonyl (C=O) groups excluding carboxylic acids is 3. The van der Waals surface area contributed by atoms with Crippen LogP contribution >= 0.6 is 31.9 Å². The first-order valence-corrected chi connectivity index (χ1v) is 7.50. The monoisotopic (exact) mass is 422 g/mol. The molecule has 6 nitrogen and oxygen atoms in total. The molecule has 0 saturated carbocycles. The molecule has 1 aromatic rings. The molecule has 8 heteroatoms. The first-order valence-electron chi connectivity index (χ1n) is 5.67. The number of hydrogen-bond donors (Lipinski definition) is 0. The van der Waals surface area contributed by atoms with Crippen LogP contribution < -0.4 is 9.47 Å². The SMILES string of the molecule is COC(=O)c1cc(OC(C)=O)cc(C(Br)Br)c1OC(C)=O. The van der Waals surface area contributed by atoms with Gasteiger partial charge in [-0.25, -0.2) is 4.79 Å². The van der Waals surface area contributed by atoms with Gasteiger partial charge < -0.3 is 14.2 Å². The first-order chi connectivity index (χ1) is 9.76. The minimum Gasteiger partial charge on any atom is -0.465 e. The average Bonchev–Trinajstić information content (AvgIpc) is 2.37. The van der Waals surface area contributed by atoms with Gasteiger partial charge in [0.1, 0.15) is 11.3 Å². The highest BCUT2D eigenvalue weighted by Crippen LogP contribution is 2.41. The summed E-state index contributed by atoms with van der Waals surface area (Å²) in [5.41, 5.74) is 0.384. The minimum atomic E-state index is -0.720. The maximum absolute atomic E-state index is 11.8. The Morgan fingerprint density at radius 1 is 1.05 bits per heavy atom. The largest absolute Gasteiger partial charge is 0.465 e. The lowest BCUT2D eigenvalue weighted by molar-refractivity contribution is -0.133. The zero-order valence-corrected chi connectivity index (χ0v) is 14.6. The molecule has 114 valence electrons. The lowest BCUT2D eigenvalue weighted by atomic mass is 10.1. The van der Waals surface area contributed by atoms with Crippen LogP contribution in [0.1, 0.15) is 33.5 Å². The third-order valence-corrected chi connectivity index (χ3v) is 3.23. The molecule has 0 spiro atoms. The molecule has 0 N–H and O–H groups in total. The lowest BCUT2D eigenvalue weighted by Crippen LogP contribution is -2.12.